The minimum absolute atomic E-state index is 0.0110. The third-order valence-corrected chi connectivity index (χ3v) is 12.6. The Morgan fingerprint density at radius 1 is 0.405 bits per heavy atom. The molecule has 0 bridgehead atoms. The molecule has 0 saturated carbocycles. The van der Waals surface area contributed by atoms with Crippen LogP contribution in [0, 0.1) is 0 Å². The molecule has 0 spiro atoms. The van der Waals surface area contributed by atoms with Crippen LogP contribution in [0.15, 0.2) is 48.6 Å². The first-order valence-corrected chi connectivity index (χ1v) is 29.3. The third-order valence-electron chi connectivity index (χ3n) is 12.6. The van der Waals surface area contributed by atoms with Gasteiger partial charge in [-0.15, -0.1) is 0 Å². The van der Waals surface area contributed by atoms with Crippen molar-refractivity contribution in [1.82, 2.24) is 36.4 Å². The SMILES string of the molecule is CCCCC/C=C\C/C=C\CCCCCCCC(=O)NCCCC(NC(=O)CCCCCCC/C=C\C/C=C\CCCCC)C(=O)OCCNC(=O)C(CCCNC(=O)CCCN(C)C)NC(=O)CCCN(C)C. The Bertz CT molecular complexity index is 1550. The number of carbonyl (C=O) groups excluding carboxylic acids is 6. The Balaban J connectivity index is 5.08. The van der Waals surface area contributed by atoms with Gasteiger partial charge in [-0.1, -0.05) is 127 Å². The number of hydrogen-bond donors (Lipinski definition) is 5. The Labute approximate surface area is 451 Å². The monoisotopic (exact) mass is 1040 g/mol. The summed E-state index contributed by atoms with van der Waals surface area (Å²) in [4.78, 5) is 81.7. The summed E-state index contributed by atoms with van der Waals surface area (Å²) < 4.78 is 5.60. The quantitative estimate of drug-likeness (QED) is 0.0225. The Hall–Kier alpha value is -4.30. The summed E-state index contributed by atoms with van der Waals surface area (Å²) in [5.41, 5.74) is 0. The molecule has 426 valence electrons. The van der Waals surface area contributed by atoms with Crippen molar-refractivity contribution >= 4 is 35.5 Å². The van der Waals surface area contributed by atoms with E-state index in [1.54, 1.807) is 0 Å². The smallest absolute Gasteiger partial charge is 0.328 e. The zero-order valence-electron chi connectivity index (χ0n) is 47.9. The second-order valence-electron chi connectivity index (χ2n) is 20.5. The topological polar surface area (TPSA) is 178 Å². The lowest BCUT2D eigenvalue weighted by atomic mass is 10.1. The average molecular weight is 1040 g/mol. The van der Waals surface area contributed by atoms with Crippen LogP contribution in [0.3, 0.4) is 0 Å². The van der Waals surface area contributed by atoms with Crippen LogP contribution in [0.5, 0.6) is 0 Å². The van der Waals surface area contributed by atoms with Crippen LogP contribution in [-0.2, 0) is 33.5 Å². The number of unbranched alkanes of at least 4 members (excludes halogenated alkanes) is 16. The molecule has 2 atom stereocenters. The maximum absolute atomic E-state index is 13.4. The van der Waals surface area contributed by atoms with Gasteiger partial charge >= 0.3 is 5.97 Å². The van der Waals surface area contributed by atoms with E-state index in [1.165, 1.54) is 44.9 Å². The van der Waals surface area contributed by atoms with Gasteiger partial charge in [-0.2, -0.15) is 0 Å². The van der Waals surface area contributed by atoms with Gasteiger partial charge in [0.05, 0.1) is 6.54 Å². The van der Waals surface area contributed by atoms with Gasteiger partial charge in [0.15, 0.2) is 0 Å². The van der Waals surface area contributed by atoms with Crippen LogP contribution in [0.2, 0.25) is 0 Å². The Morgan fingerprint density at radius 2 is 0.784 bits per heavy atom. The van der Waals surface area contributed by atoms with Gasteiger partial charge in [-0.3, -0.25) is 24.0 Å². The zero-order valence-corrected chi connectivity index (χ0v) is 47.9. The lowest BCUT2D eigenvalue weighted by Crippen LogP contribution is -2.48. The fraction of sp³-hybridized carbons (Fsp3) is 0.767. The zero-order chi connectivity index (χ0) is 54.5. The lowest BCUT2D eigenvalue weighted by molar-refractivity contribution is -0.148. The Morgan fingerprint density at radius 3 is 1.24 bits per heavy atom. The standard InChI is InChI=1S/C60H109N7O7/c1-7-9-11-13-15-17-19-21-23-25-27-29-31-33-35-43-55(68)61-48-38-42-54(65-57(70)44-36-34-32-30-28-26-24-22-20-18-16-14-12-10-8-2)60(73)74-52-49-63-59(72)53(64-58(71)46-40-51-67(5)6)41-37-47-62-56(69)45-39-50-66(3)4/h15-18,21-24,53-54H,7-14,19-20,25-52H2,1-6H3,(H,61,68)(H,62,69)(H,63,72)(H,64,71)(H,65,70)/b17-15-,18-16-,23-21-,24-22-. The largest absolute Gasteiger partial charge is 0.462 e. The molecule has 2 unspecified atom stereocenters. The first-order valence-electron chi connectivity index (χ1n) is 29.3. The van der Waals surface area contributed by atoms with Crippen LogP contribution < -0.4 is 26.6 Å². The van der Waals surface area contributed by atoms with E-state index in [1.807, 2.05) is 38.0 Å². The molecule has 14 heteroatoms. The number of amides is 5. The number of allylic oxidation sites excluding steroid dienone is 8. The van der Waals surface area contributed by atoms with Crippen LogP contribution in [-0.4, -0.2) is 125 Å². The first-order chi connectivity index (χ1) is 35.9. The van der Waals surface area contributed by atoms with Gasteiger partial charge < -0.3 is 41.1 Å². The summed E-state index contributed by atoms with van der Waals surface area (Å²) in [7, 11) is 7.80. The van der Waals surface area contributed by atoms with Gasteiger partial charge in [0, 0.05) is 38.8 Å². The maximum Gasteiger partial charge on any atom is 0.328 e. The predicted octanol–water partition coefficient (Wildman–Crippen LogP) is 10.7. The highest BCUT2D eigenvalue weighted by Gasteiger charge is 2.24. The highest BCUT2D eigenvalue weighted by Crippen LogP contribution is 2.11. The summed E-state index contributed by atoms with van der Waals surface area (Å²) in [6, 6.07) is -1.73. The molecule has 0 fully saturated rings. The molecule has 0 aliphatic rings. The second kappa shape index (κ2) is 52.2. The molecule has 0 heterocycles. The molecule has 0 saturated heterocycles. The van der Waals surface area contributed by atoms with Crippen molar-refractivity contribution in [2.75, 3.05) is 67.5 Å². The molecule has 0 aliphatic carbocycles. The number of rotatable bonds is 51. The first kappa shape index (κ1) is 69.7. The van der Waals surface area contributed by atoms with Crippen molar-refractivity contribution in [1.29, 1.82) is 0 Å². The molecule has 0 aromatic heterocycles. The number of hydrogen-bond acceptors (Lipinski definition) is 9. The summed E-state index contributed by atoms with van der Waals surface area (Å²) >= 11 is 0. The van der Waals surface area contributed by atoms with Crippen LogP contribution in [0.25, 0.3) is 0 Å². The summed E-state index contributed by atoms with van der Waals surface area (Å²) in [6.45, 7) is 6.64. The van der Waals surface area contributed by atoms with Gasteiger partial charge in [0.1, 0.15) is 18.7 Å². The number of carbonyl (C=O) groups is 6. The Kier molecular flexibility index (Phi) is 49.1. The lowest BCUT2D eigenvalue weighted by Gasteiger charge is -2.20. The molecular weight excluding hydrogens is 931 g/mol. The van der Waals surface area contributed by atoms with Crippen molar-refractivity contribution in [3.05, 3.63) is 48.6 Å². The molecule has 0 aromatic carbocycles. The molecule has 0 aliphatic heterocycles. The van der Waals surface area contributed by atoms with Crippen LogP contribution in [0.1, 0.15) is 219 Å². The van der Waals surface area contributed by atoms with Crippen molar-refractivity contribution in [3.63, 3.8) is 0 Å². The van der Waals surface area contributed by atoms with E-state index in [-0.39, 0.29) is 49.6 Å². The van der Waals surface area contributed by atoms with E-state index in [4.69, 9.17) is 4.74 Å². The molecule has 74 heavy (non-hydrogen) atoms. The third kappa shape index (κ3) is 48.6. The molecule has 5 N–H and O–H groups in total. The minimum Gasteiger partial charge on any atom is -0.462 e. The second-order valence-corrected chi connectivity index (χ2v) is 20.5. The van der Waals surface area contributed by atoms with Crippen LogP contribution in [0.4, 0.5) is 0 Å². The normalized spacial score (nSPS) is 12.6. The number of ether oxygens (including phenoxy) is 1. The molecule has 14 nitrogen and oxygen atoms in total. The van der Waals surface area contributed by atoms with E-state index in [0.717, 1.165) is 116 Å². The number of esters is 1. The van der Waals surface area contributed by atoms with E-state index in [0.29, 0.717) is 58.0 Å². The van der Waals surface area contributed by atoms with E-state index >= 15 is 0 Å². The highest BCUT2D eigenvalue weighted by atomic mass is 16.5. The van der Waals surface area contributed by atoms with Crippen molar-refractivity contribution < 1.29 is 33.5 Å². The summed E-state index contributed by atoms with van der Waals surface area (Å²) in [6.07, 6.45) is 46.8. The van der Waals surface area contributed by atoms with Gasteiger partial charge in [0.2, 0.25) is 29.5 Å². The van der Waals surface area contributed by atoms with E-state index in [2.05, 4.69) is 89.0 Å². The van der Waals surface area contributed by atoms with Crippen molar-refractivity contribution in [2.24, 2.45) is 0 Å². The highest BCUT2D eigenvalue weighted by molar-refractivity contribution is 5.87. The molecule has 0 aromatic rings. The molecule has 0 radical (unpaired) electrons. The van der Waals surface area contributed by atoms with Crippen LogP contribution >= 0.6 is 0 Å². The van der Waals surface area contributed by atoms with Gasteiger partial charge in [0.25, 0.3) is 0 Å². The summed E-state index contributed by atoms with van der Waals surface area (Å²) in [5.74, 6) is -1.52. The van der Waals surface area contributed by atoms with Crippen molar-refractivity contribution in [2.45, 2.75) is 231 Å². The maximum atomic E-state index is 13.4. The van der Waals surface area contributed by atoms with Gasteiger partial charge in [-0.25, -0.2) is 4.79 Å². The number of nitrogens with zero attached hydrogens (tertiary/aromatic N) is 2. The fourth-order valence-electron chi connectivity index (χ4n) is 8.15. The van der Waals surface area contributed by atoms with Crippen molar-refractivity contribution in [3.8, 4) is 0 Å². The molecular formula is C60H109N7O7. The van der Waals surface area contributed by atoms with E-state index < -0.39 is 24.0 Å². The van der Waals surface area contributed by atoms with E-state index in [9.17, 15) is 28.8 Å². The minimum atomic E-state index is -0.901. The molecule has 5 amide bonds. The van der Waals surface area contributed by atoms with Gasteiger partial charge in [-0.05, 0) is 157 Å². The fourth-order valence-corrected chi connectivity index (χ4v) is 8.15. The predicted molar refractivity (Wildman–Crippen MR) is 307 cm³/mol. The average Bonchev–Trinajstić information content (AvgIpc) is 3.36. The summed E-state index contributed by atoms with van der Waals surface area (Å²) in [5, 5.41) is 14.4. The molecule has 0 rings (SSSR count). The number of nitrogens with one attached hydrogen (secondary N) is 5.